The fourth-order valence-corrected chi connectivity index (χ4v) is 3.20. The van der Waals surface area contributed by atoms with Crippen LogP contribution >= 0.6 is 0 Å². The van der Waals surface area contributed by atoms with Gasteiger partial charge in [0.2, 0.25) is 0 Å². The van der Waals surface area contributed by atoms with E-state index >= 15 is 0 Å². The summed E-state index contributed by atoms with van der Waals surface area (Å²) in [5, 5.41) is 0. The van der Waals surface area contributed by atoms with Gasteiger partial charge in [0.1, 0.15) is 5.82 Å². The second-order valence-electron chi connectivity index (χ2n) is 6.34. The molecule has 0 fully saturated rings. The van der Waals surface area contributed by atoms with Crippen LogP contribution in [0, 0.1) is 5.92 Å². The number of hydrogen-bond acceptors (Lipinski definition) is 2. The van der Waals surface area contributed by atoms with Crippen molar-refractivity contribution in [2.75, 3.05) is 0 Å². The molecule has 2 N–H and O–H groups in total. The van der Waals surface area contributed by atoms with Gasteiger partial charge in [-0.1, -0.05) is 37.8 Å². The van der Waals surface area contributed by atoms with Gasteiger partial charge in [-0.3, -0.25) is 4.57 Å². The van der Waals surface area contributed by atoms with Crippen LogP contribution in [0.1, 0.15) is 49.8 Å². The lowest BCUT2D eigenvalue weighted by Gasteiger charge is -2.18. The van der Waals surface area contributed by atoms with E-state index in [4.69, 9.17) is 10.7 Å². The molecule has 2 aliphatic carbocycles. The van der Waals surface area contributed by atoms with Gasteiger partial charge in [-0.15, -0.1) is 0 Å². The third-order valence-corrected chi connectivity index (χ3v) is 4.43. The van der Waals surface area contributed by atoms with Crippen molar-refractivity contribution in [3.05, 3.63) is 60.4 Å². The van der Waals surface area contributed by atoms with Gasteiger partial charge in [0.15, 0.2) is 0 Å². The van der Waals surface area contributed by atoms with E-state index in [1.54, 1.807) is 6.20 Å². The Kier molecular flexibility index (Phi) is 4.65. The molecule has 0 bridgehead atoms. The minimum Gasteiger partial charge on any atom is -0.405 e. The van der Waals surface area contributed by atoms with E-state index < -0.39 is 0 Å². The molecule has 120 valence electrons. The minimum atomic E-state index is 0.548. The van der Waals surface area contributed by atoms with Gasteiger partial charge in [0.05, 0.1) is 11.4 Å². The number of imidazole rings is 1. The van der Waals surface area contributed by atoms with E-state index in [0.29, 0.717) is 5.92 Å². The summed E-state index contributed by atoms with van der Waals surface area (Å²) < 4.78 is 2.32. The first-order valence-electron chi connectivity index (χ1n) is 8.41. The Bertz CT molecular complexity index is 713. The van der Waals surface area contributed by atoms with Crippen molar-refractivity contribution in [2.24, 2.45) is 11.7 Å². The Labute approximate surface area is 138 Å². The number of nitrogens with zero attached hydrogens (tertiary/aromatic N) is 2. The van der Waals surface area contributed by atoms with Crippen molar-refractivity contribution in [2.45, 2.75) is 39.0 Å². The quantitative estimate of drug-likeness (QED) is 0.867. The zero-order valence-corrected chi connectivity index (χ0v) is 13.8. The molecule has 1 heterocycles. The van der Waals surface area contributed by atoms with Crippen LogP contribution in [-0.4, -0.2) is 9.55 Å². The smallest absolute Gasteiger partial charge is 0.140 e. The lowest BCUT2D eigenvalue weighted by atomic mass is 9.98. The highest BCUT2D eigenvalue weighted by Crippen LogP contribution is 2.32. The second-order valence-corrected chi connectivity index (χ2v) is 6.34. The summed E-state index contributed by atoms with van der Waals surface area (Å²) in [7, 11) is 0. The number of rotatable bonds is 5. The van der Waals surface area contributed by atoms with E-state index in [1.165, 1.54) is 17.1 Å². The number of hydrogen-bond donors (Lipinski definition) is 1. The van der Waals surface area contributed by atoms with Gasteiger partial charge in [-0.2, -0.15) is 0 Å². The molecular weight excluding hydrogens is 282 g/mol. The molecule has 0 saturated heterocycles. The van der Waals surface area contributed by atoms with Gasteiger partial charge < -0.3 is 5.73 Å². The van der Waals surface area contributed by atoms with Gasteiger partial charge in [0, 0.05) is 5.70 Å². The molecule has 0 aromatic carbocycles. The van der Waals surface area contributed by atoms with Crippen molar-refractivity contribution in [1.82, 2.24) is 9.55 Å². The van der Waals surface area contributed by atoms with Crippen LogP contribution in [0.15, 0.2) is 43.2 Å². The molecule has 0 radical (unpaired) electrons. The third-order valence-electron chi connectivity index (χ3n) is 4.43. The van der Waals surface area contributed by atoms with Gasteiger partial charge in [-0.25, -0.2) is 4.98 Å². The first-order valence-corrected chi connectivity index (χ1v) is 8.41. The Morgan fingerprint density at radius 1 is 1.52 bits per heavy atom. The van der Waals surface area contributed by atoms with Gasteiger partial charge in [0.25, 0.3) is 0 Å². The van der Waals surface area contributed by atoms with Crippen LogP contribution in [0.2, 0.25) is 0 Å². The molecule has 2 aliphatic rings. The molecule has 0 aliphatic heterocycles. The normalized spacial score (nSPS) is 19.9. The van der Waals surface area contributed by atoms with Crippen LogP contribution in [0.25, 0.3) is 17.3 Å². The number of nitrogens with two attached hydrogens (primary N) is 1. The summed E-state index contributed by atoms with van der Waals surface area (Å²) in [6, 6.07) is 0. The van der Waals surface area contributed by atoms with Crippen molar-refractivity contribution >= 4 is 17.3 Å². The predicted molar refractivity (Wildman–Crippen MR) is 98.4 cm³/mol. The van der Waals surface area contributed by atoms with Crippen LogP contribution in [0.5, 0.6) is 0 Å². The van der Waals surface area contributed by atoms with Crippen molar-refractivity contribution in [3.63, 3.8) is 0 Å². The maximum Gasteiger partial charge on any atom is 0.140 e. The number of fused-ring (bicyclic) bond motifs is 1. The van der Waals surface area contributed by atoms with Gasteiger partial charge in [-0.05, 0) is 61.9 Å². The van der Waals surface area contributed by atoms with Crippen LogP contribution in [0.3, 0.4) is 0 Å². The molecule has 3 nitrogen and oxygen atoms in total. The fourth-order valence-electron chi connectivity index (χ4n) is 3.20. The fraction of sp³-hybridized carbons (Fsp3) is 0.350. The summed E-state index contributed by atoms with van der Waals surface area (Å²) in [4.78, 5) is 4.95. The molecule has 0 spiro atoms. The summed E-state index contributed by atoms with van der Waals surface area (Å²) in [5.74, 6) is 1.56. The highest BCUT2D eigenvalue weighted by molar-refractivity contribution is 5.70. The molecule has 3 heteroatoms. The van der Waals surface area contributed by atoms with E-state index in [9.17, 15) is 0 Å². The summed E-state index contributed by atoms with van der Waals surface area (Å²) in [5.41, 5.74) is 10.3. The Hall–Kier alpha value is -2.29. The largest absolute Gasteiger partial charge is 0.405 e. The monoisotopic (exact) mass is 307 g/mol. The molecule has 0 saturated carbocycles. The minimum absolute atomic E-state index is 0.548. The molecule has 1 atom stereocenters. The molecule has 3 rings (SSSR count). The topological polar surface area (TPSA) is 43.8 Å². The molecule has 0 amide bonds. The van der Waals surface area contributed by atoms with Crippen molar-refractivity contribution < 1.29 is 0 Å². The Balaban J connectivity index is 2.01. The van der Waals surface area contributed by atoms with Crippen molar-refractivity contribution in [3.8, 4) is 0 Å². The average molecular weight is 307 g/mol. The van der Waals surface area contributed by atoms with E-state index in [1.807, 2.05) is 6.08 Å². The lowest BCUT2D eigenvalue weighted by Crippen LogP contribution is -2.08. The highest BCUT2D eigenvalue weighted by atomic mass is 15.1. The van der Waals surface area contributed by atoms with Crippen LogP contribution < -0.4 is 5.73 Å². The maximum absolute atomic E-state index is 5.44. The zero-order valence-electron chi connectivity index (χ0n) is 13.8. The number of allylic oxidation sites excluding steroid dienone is 7. The molecular formula is C20H25N3. The third kappa shape index (κ3) is 3.24. The lowest BCUT2D eigenvalue weighted by molar-refractivity contribution is 0.701. The summed E-state index contributed by atoms with van der Waals surface area (Å²) in [6.07, 6.45) is 19.6. The maximum atomic E-state index is 5.44. The van der Waals surface area contributed by atoms with E-state index in [2.05, 4.69) is 48.4 Å². The Morgan fingerprint density at radius 3 is 3.13 bits per heavy atom. The standard InChI is InChI=1S/C20H25N3/c1-15-11-12-19-18(14-15)22-20(16(2)8-6-7-13-21)23(19)17-9-4-3-5-10-17/h3-4,7,9,11-13,15H,2,5-6,8,10,14,21H2,1H3/b13-7-. The van der Waals surface area contributed by atoms with Crippen molar-refractivity contribution in [1.29, 1.82) is 0 Å². The summed E-state index contributed by atoms with van der Waals surface area (Å²) in [6.45, 7) is 6.53. The molecule has 1 unspecified atom stereocenters. The highest BCUT2D eigenvalue weighted by Gasteiger charge is 2.23. The zero-order chi connectivity index (χ0) is 16.2. The average Bonchev–Trinajstić information content (AvgIpc) is 2.94. The summed E-state index contributed by atoms with van der Waals surface area (Å²) >= 11 is 0. The van der Waals surface area contributed by atoms with Crippen LogP contribution in [0.4, 0.5) is 0 Å². The van der Waals surface area contributed by atoms with Crippen LogP contribution in [-0.2, 0) is 6.42 Å². The number of aromatic nitrogens is 2. The first kappa shape index (κ1) is 15.6. The van der Waals surface area contributed by atoms with E-state index in [0.717, 1.165) is 43.5 Å². The SMILES string of the molecule is C=C(CC/C=C\N)c1nc2c(n1C1=CC=CCC1)C=CC(C)C2. The predicted octanol–water partition coefficient (Wildman–Crippen LogP) is 4.55. The molecule has 1 aromatic heterocycles. The Morgan fingerprint density at radius 2 is 2.39 bits per heavy atom. The first-order chi connectivity index (χ1) is 11.2. The molecule has 1 aromatic rings. The molecule has 23 heavy (non-hydrogen) atoms. The second kappa shape index (κ2) is 6.86. The van der Waals surface area contributed by atoms with E-state index in [-0.39, 0.29) is 0 Å². The van der Waals surface area contributed by atoms with Gasteiger partial charge >= 0.3 is 0 Å².